The average Bonchev–Trinajstić information content (AvgIpc) is 3.05. The van der Waals surface area contributed by atoms with Crippen molar-refractivity contribution >= 4 is 33.3 Å². The molecule has 5 nitrogen and oxygen atoms in total. The van der Waals surface area contributed by atoms with Gasteiger partial charge in [0, 0.05) is 29.6 Å². The first kappa shape index (κ1) is 19.7. The zero-order chi connectivity index (χ0) is 19.2. The van der Waals surface area contributed by atoms with Gasteiger partial charge in [0.2, 0.25) is 0 Å². The van der Waals surface area contributed by atoms with Gasteiger partial charge in [-0.3, -0.25) is 9.59 Å². The highest BCUT2D eigenvalue weighted by molar-refractivity contribution is 7.21. The molecular formula is C21H27NO4S. The molecule has 0 spiro atoms. The van der Waals surface area contributed by atoms with Crippen LogP contribution in [-0.2, 0) is 4.79 Å². The molecule has 1 N–H and O–H groups in total. The summed E-state index contributed by atoms with van der Waals surface area (Å²) in [7, 11) is 1.90. The molecule has 0 unspecified atom stereocenters. The quantitative estimate of drug-likeness (QED) is 0.650. The second-order valence-electron chi connectivity index (χ2n) is 7.16. The summed E-state index contributed by atoms with van der Waals surface area (Å²) in [6.45, 7) is 0.418. The standard InChI is InChI=1S/C21H27NO4S/c1-22(15-9-3-2-4-10-15)21(25)20-19(26-14-8-7-13-18(23)24)16-11-5-6-12-17(16)27-20/h5-6,11-12,15H,2-4,7-10,13-14H2,1H3,(H,23,24). The number of unbranched alkanes of at least 4 members (excludes halogenated alkanes) is 1. The number of ether oxygens (including phenoxy) is 1. The number of fused-ring (bicyclic) bond motifs is 1. The highest BCUT2D eigenvalue weighted by Crippen LogP contribution is 2.39. The van der Waals surface area contributed by atoms with Crippen LogP contribution in [0.15, 0.2) is 24.3 Å². The molecule has 1 saturated carbocycles. The molecule has 146 valence electrons. The first-order valence-corrected chi connectivity index (χ1v) is 10.5. The molecule has 0 aliphatic heterocycles. The Hall–Kier alpha value is -2.08. The van der Waals surface area contributed by atoms with E-state index in [1.807, 2.05) is 36.2 Å². The molecule has 1 aromatic heterocycles. The number of carboxylic acid groups (broad SMARTS) is 1. The normalized spacial score (nSPS) is 15.0. The molecule has 2 aromatic rings. The third-order valence-corrected chi connectivity index (χ3v) is 6.36. The predicted octanol–water partition coefficient (Wildman–Crippen LogP) is 4.94. The van der Waals surface area contributed by atoms with Gasteiger partial charge in [0.1, 0.15) is 4.88 Å². The molecule has 1 heterocycles. The molecule has 0 atom stereocenters. The van der Waals surface area contributed by atoms with Gasteiger partial charge >= 0.3 is 5.97 Å². The van der Waals surface area contributed by atoms with Crippen molar-refractivity contribution in [3.63, 3.8) is 0 Å². The highest BCUT2D eigenvalue weighted by atomic mass is 32.1. The van der Waals surface area contributed by atoms with Crippen LogP contribution >= 0.6 is 11.3 Å². The number of carbonyl (C=O) groups is 2. The van der Waals surface area contributed by atoms with Crippen LogP contribution in [0, 0.1) is 0 Å². The molecular weight excluding hydrogens is 362 g/mol. The van der Waals surface area contributed by atoms with Crippen molar-refractivity contribution in [1.29, 1.82) is 0 Å². The zero-order valence-electron chi connectivity index (χ0n) is 15.8. The summed E-state index contributed by atoms with van der Waals surface area (Å²) < 4.78 is 7.04. The van der Waals surface area contributed by atoms with Gasteiger partial charge in [-0.15, -0.1) is 11.3 Å². The maximum absolute atomic E-state index is 13.2. The summed E-state index contributed by atoms with van der Waals surface area (Å²) in [5, 5.41) is 9.71. The van der Waals surface area contributed by atoms with E-state index < -0.39 is 5.97 Å². The molecule has 0 radical (unpaired) electrons. The van der Waals surface area contributed by atoms with Crippen molar-refractivity contribution in [2.24, 2.45) is 0 Å². The number of nitrogens with zero attached hydrogens (tertiary/aromatic N) is 1. The smallest absolute Gasteiger partial charge is 0.303 e. The fraction of sp³-hybridized carbons (Fsp3) is 0.524. The maximum Gasteiger partial charge on any atom is 0.303 e. The average molecular weight is 390 g/mol. The number of amides is 1. The molecule has 0 bridgehead atoms. The van der Waals surface area contributed by atoms with Crippen LogP contribution in [0.3, 0.4) is 0 Å². The van der Waals surface area contributed by atoms with E-state index in [1.165, 1.54) is 30.6 Å². The molecule has 1 fully saturated rings. The minimum Gasteiger partial charge on any atom is -0.491 e. The van der Waals surface area contributed by atoms with Gasteiger partial charge in [-0.05, 0) is 37.8 Å². The van der Waals surface area contributed by atoms with E-state index in [9.17, 15) is 9.59 Å². The van der Waals surface area contributed by atoms with Crippen LogP contribution in [0.4, 0.5) is 0 Å². The largest absolute Gasteiger partial charge is 0.491 e. The van der Waals surface area contributed by atoms with E-state index in [-0.39, 0.29) is 12.3 Å². The molecule has 27 heavy (non-hydrogen) atoms. The number of rotatable bonds is 8. The minimum absolute atomic E-state index is 0.0311. The number of carboxylic acids is 1. The lowest BCUT2D eigenvalue weighted by atomic mass is 9.94. The Labute approximate surface area is 163 Å². The summed E-state index contributed by atoms with van der Waals surface area (Å²) in [5.74, 6) is -0.108. The fourth-order valence-electron chi connectivity index (χ4n) is 3.65. The van der Waals surface area contributed by atoms with Gasteiger partial charge in [0.05, 0.1) is 6.61 Å². The van der Waals surface area contributed by atoms with Gasteiger partial charge in [0.25, 0.3) is 5.91 Å². The first-order valence-electron chi connectivity index (χ1n) is 9.71. The maximum atomic E-state index is 13.2. The molecule has 1 aliphatic rings. The van der Waals surface area contributed by atoms with E-state index in [0.29, 0.717) is 36.1 Å². The summed E-state index contributed by atoms with van der Waals surface area (Å²) in [5.41, 5.74) is 0. The van der Waals surface area contributed by atoms with Gasteiger partial charge < -0.3 is 14.7 Å². The molecule has 6 heteroatoms. The van der Waals surface area contributed by atoms with E-state index in [4.69, 9.17) is 9.84 Å². The number of aliphatic carboxylic acids is 1. The molecule has 1 amide bonds. The van der Waals surface area contributed by atoms with E-state index in [0.717, 1.165) is 22.9 Å². The lowest BCUT2D eigenvalue weighted by Gasteiger charge is -2.31. The third kappa shape index (κ3) is 4.80. The van der Waals surface area contributed by atoms with Crippen molar-refractivity contribution < 1.29 is 19.4 Å². The van der Waals surface area contributed by atoms with Crippen molar-refractivity contribution in [2.45, 2.75) is 57.4 Å². The van der Waals surface area contributed by atoms with Crippen LogP contribution < -0.4 is 4.74 Å². The lowest BCUT2D eigenvalue weighted by molar-refractivity contribution is -0.137. The summed E-state index contributed by atoms with van der Waals surface area (Å²) >= 11 is 1.48. The van der Waals surface area contributed by atoms with Gasteiger partial charge in [-0.2, -0.15) is 0 Å². The van der Waals surface area contributed by atoms with Crippen molar-refractivity contribution in [3.8, 4) is 5.75 Å². The topological polar surface area (TPSA) is 66.8 Å². The number of hydrogen-bond acceptors (Lipinski definition) is 4. The van der Waals surface area contributed by atoms with Crippen LogP contribution in [0.2, 0.25) is 0 Å². The van der Waals surface area contributed by atoms with E-state index in [2.05, 4.69) is 0 Å². The van der Waals surface area contributed by atoms with E-state index >= 15 is 0 Å². The summed E-state index contributed by atoms with van der Waals surface area (Å²) in [6.07, 6.45) is 7.13. The Morgan fingerprint density at radius 3 is 2.67 bits per heavy atom. The second-order valence-corrected chi connectivity index (χ2v) is 8.22. The molecule has 3 rings (SSSR count). The SMILES string of the molecule is CN(C(=O)c1sc2ccccc2c1OCCCCC(=O)O)C1CCCCC1. The molecule has 1 aliphatic carbocycles. The van der Waals surface area contributed by atoms with Crippen LogP contribution in [0.25, 0.3) is 10.1 Å². The Morgan fingerprint density at radius 2 is 1.93 bits per heavy atom. The summed E-state index contributed by atoms with van der Waals surface area (Å²) in [6, 6.07) is 8.21. The third-order valence-electron chi connectivity index (χ3n) is 5.22. The monoisotopic (exact) mass is 389 g/mol. The van der Waals surface area contributed by atoms with Gasteiger partial charge in [-0.25, -0.2) is 0 Å². The number of thiophene rings is 1. The van der Waals surface area contributed by atoms with Gasteiger partial charge in [-0.1, -0.05) is 31.4 Å². The number of benzene rings is 1. The zero-order valence-corrected chi connectivity index (χ0v) is 16.6. The van der Waals surface area contributed by atoms with Crippen molar-refractivity contribution in [2.75, 3.05) is 13.7 Å². The van der Waals surface area contributed by atoms with Crippen LogP contribution in [-0.4, -0.2) is 41.6 Å². The van der Waals surface area contributed by atoms with Gasteiger partial charge in [0.15, 0.2) is 5.75 Å². The first-order chi connectivity index (χ1) is 13.1. The number of carbonyl (C=O) groups excluding carboxylic acids is 1. The Kier molecular flexibility index (Phi) is 6.72. The minimum atomic E-state index is -0.791. The van der Waals surface area contributed by atoms with Crippen LogP contribution in [0.5, 0.6) is 5.75 Å². The fourth-order valence-corrected chi connectivity index (χ4v) is 4.78. The second kappa shape index (κ2) is 9.22. The van der Waals surface area contributed by atoms with Crippen molar-refractivity contribution in [3.05, 3.63) is 29.1 Å². The molecule has 0 saturated heterocycles. The van der Waals surface area contributed by atoms with E-state index in [1.54, 1.807) is 0 Å². The predicted molar refractivity (Wildman–Crippen MR) is 108 cm³/mol. The molecule has 1 aromatic carbocycles. The lowest BCUT2D eigenvalue weighted by Crippen LogP contribution is -2.38. The highest BCUT2D eigenvalue weighted by Gasteiger charge is 2.27. The Balaban J connectivity index is 1.76. The van der Waals surface area contributed by atoms with Crippen molar-refractivity contribution in [1.82, 2.24) is 4.90 Å². The van der Waals surface area contributed by atoms with Crippen LogP contribution in [0.1, 0.15) is 61.0 Å². The number of hydrogen-bond donors (Lipinski definition) is 1. The Morgan fingerprint density at radius 1 is 1.19 bits per heavy atom. The Bertz CT molecular complexity index is 795. The summed E-state index contributed by atoms with van der Waals surface area (Å²) in [4.78, 5) is 26.4.